The second kappa shape index (κ2) is 3.86. The van der Waals surface area contributed by atoms with Crippen LogP contribution in [0.1, 0.15) is 18.9 Å². The monoisotopic (exact) mass is 248 g/mol. The zero-order chi connectivity index (χ0) is 12.7. The van der Waals surface area contributed by atoms with Crippen molar-refractivity contribution in [1.29, 1.82) is 0 Å². The molecule has 1 N–H and O–H groups in total. The number of rotatable bonds is 1. The van der Waals surface area contributed by atoms with Crippen molar-refractivity contribution >= 4 is 22.8 Å². The average molecular weight is 248 g/mol. The normalized spacial score (nSPS) is 20.2. The molecular formula is C11H9FN4O2. The molecule has 1 aromatic carbocycles. The highest BCUT2D eigenvalue weighted by atomic mass is 19.1. The quantitative estimate of drug-likeness (QED) is 0.747. The molecule has 1 aromatic heterocycles. The fourth-order valence-electron chi connectivity index (χ4n) is 2.05. The molecule has 1 atom stereocenters. The van der Waals surface area contributed by atoms with Crippen LogP contribution >= 0.6 is 0 Å². The van der Waals surface area contributed by atoms with Gasteiger partial charge in [0.1, 0.15) is 17.4 Å². The molecule has 1 fully saturated rings. The van der Waals surface area contributed by atoms with Gasteiger partial charge in [0.2, 0.25) is 5.91 Å². The lowest BCUT2D eigenvalue weighted by molar-refractivity contribution is -0.135. The smallest absolute Gasteiger partial charge is 0.251 e. The van der Waals surface area contributed by atoms with E-state index in [1.54, 1.807) is 0 Å². The molecule has 7 heteroatoms. The van der Waals surface area contributed by atoms with Gasteiger partial charge in [-0.1, -0.05) is 5.21 Å². The number of amides is 2. The van der Waals surface area contributed by atoms with Gasteiger partial charge in [-0.2, -0.15) is 0 Å². The number of aromatic nitrogens is 3. The number of halogens is 1. The summed E-state index contributed by atoms with van der Waals surface area (Å²) in [6.45, 7) is 0. The number of fused-ring (bicyclic) bond motifs is 1. The van der Waals surface area contributed by atoms with Gasteiger partial charge in [-0.15, -0.1) is 5.10 Å². The maximum Gasteiger partial charge on any atom is 0.251 e. The highest BCUT2D eigenvalue weighted by Gasteiger charge is 2.30. The molecule has 92 valence electrons. The lowest BCUT2D eigenvalue weighted by Crippen LogP contribution is -2.42. The molecule has 2 aromatic rings. The number of nitrogens with one attached hydrogen (secondary N) is 1. The molecule has 0 spiro atoms. The van der Waals surface area contributed by atoms with E-state index in [1.807, 2.05) is 0 Å². The molecule has 0 saturated carbocycles. The van der Waals surface area contributed by atoms with Gasteiger partial charge in [-0.25, -0.2) is 9.07 Å². The lowest BCUT2D eigenvalue weighted by Gasteiger charge is -2.20. The number of hydrogen-bond acceptors (Lipinski definition) is 4. The summed E-state index contributed by atoms with van der Waals surface area (Å²) in [4.78, 5) is 22.8. The molecule has 2 amide bonds. The summed E-state index contributed by atoms with van der Waals surface area (Å²) in [5.41, 5.74) is 0.964. The summed E-state index contributed by atoms with van der Waals surface area (Å²) in [6.07, 6.45) is 0.590. The molecule has 0 radical (unpaired) electrons. The summed E-state index contributed by atoms with van der Waals surface area (Å²) in [6, 6.07) is 3.44. The molecule has 1 saturated heterocycles. The Kier molecular flexibility index (Phi) is 2.32. The number of carbonyl (C=O) groups excluding carboxylic acids is 2. The van der Waals surface area contributed by atoms with Crippen LogP contribution in [-0.2, 0) is 9.59 Å². The zero-order valence-electron chi connectivity index (χ0n) is 9.26. The van der Waals surface area contributed by atoms with Crippen LogP contribution in [0.4, 0.5) is 4.39 Å². The highest BCUT2D eigenvalue weighted by Crippen LogP contribution is 2.22. The SMILES string of the molecule is O=C1CCC(n2nnc3ccc(F)cc32)C(=O)N1. The van der Waals surface area contributed by atoms with Gasteiger partial charge in [-0.3, -0.25) is 14.9 Å². The van der Waals surface area contributed by atoms with Gasteiger partial charge in [0, 0.05) is 12.5 Å². The molecule has 3 rings (SSSR count). The Labute approximate surface area is 101 Å². The van der Waals surface area contributed by atoms with E-state index >= 15 is 0 Å². The van der Waals surface area contributed by atoms with E-state index in [4.69, 9.17) is 0 Å². The zero-order valence-corrected chi connectivity index (χ0v) is 9.26. The average Bonchev–Trinajstić information content (AvgIpc) is 2.72. The minimum atomic E-state index is -0.616. The Bertz CT molecular complexity index is 652. The number of benzene rings is 1. The fraction of sp³-hybridized carbons (Fsp3) is 0.273. The van der Waals surface area contributed by atoms with Crippen LogP contribution in [0.25, 0.3) is 11.0 Å². The van der Waals surface area contributed by atoms with Crippen LogP contribution in [0.2, 0.25) is 0 Å². The summed E-state index contributed by atoms with van der Waals surface area (Å²) >= 11 is 0. The van der Waals surface area contributed by atoms with Crippen molar-refractivity contribution in [3.05, 3.63) is 24.0 Å². The summed E-state index contributed by atoms with van der Waals surface area (Å²) in [5.74, 6) is -1.15. The Morgan fingerprint density at radius 1 is 1.39 bits per heavy atom. The first-order chi connectivity index (χ1) is 8.65. The number of hydrogen-bond donors (Lipinski definition) is 1. The van der Waals surface area contributed by atoms with E-state index in [0.29, 0.717) is 17.5 Å². The first-order valence-electron chi connectivity index (χ1n) is 5.49. The van der Waals surface area contributed by atoms with E-state index in [1.165, 1.54) is 22.9 Å². The second-order valence-corrected chi connectivity index (χ2v) is 4.13. The summed E-state index contributed by atoms with van der Waals surface area (Å²) in [7, 11) is 0. The van der Waals surface area contributed by atoms with Crippen LogP contribution in [0.3, 0.4) is 0 Å². The fourth-order valence-corrected chi connectivity index (χ4v) is 2.05. The van der Waals surface area contributed by atoms with E-state index < -0.39 is 17.8 Å². The first-order valence-corrected chi connectivity index (χ1v) is 5.49. The van der Waals surface area contributed by atoms with Crippen molar-refractivity contribution in [2.45, 2.75) is 18.9 Å². The van der Waals surface area contributed by atoms with Crippen LogP contribution in [-0.4, -0.2) is 26.8 Å². The number of carbonyl (C=O) groups is 2. The summed E-state index contributed by atoms with van der Waals surface area (Å²) in [5, 5.41) is 9.97. The molecular weight excluding hydrogens is 239 g/mol. The third-order valence-corrected chi connectivity index (χ3v) is 2.94. The van der Waals surface area contributed by atoms with Gasteiger partial charge < -0.3 is 0 Å². The largest absolute Gasteiger partial charge is 0.295 e. The first kappa shape index (κ1) is 10.8. The van der Waals surface area contributed by atoms with Gasteiger partial charge >= 0.3 is 0 Å². The molecule has 1 unspecified atom stereocenters. The van der Waals surface area contributed by atoms with Gasteiger partial charge in [0.25, 0.3) is 5.91 Å². The third-order valence-electron chi connectivity index (χ3n) is 2.94. The van der Waals surface area contributed by atoms with Crippen LogP contribution < -0.4 is 5.32 Å². The Morgan fingerprint density at radius 3 is 3.00 bits per heavy atom. The molecule has 0 bridgehead atoms. The van der Waals surface area contributed by atoms with Crippen molar-refractivity contribution in [3.8, 4) is 0 Å². The van der Waals surface area contributed by atoms with Crippen molar-refractivity contribution in [2.24, 2.45) is 0 Å². The van der Waals surface area contributed by atoms with Gasteiger partial charge in [0.05, 0.1) is 5.52 Å². The van der Waals surface area contributed by atoms with E-state index in [-0.39, 0.29) is 12.3 Å². The number of imide groups is 1. The van der Waals surface area contributed by atoms with Crippen molar-refractivity contribution in [3.63, 3.8) is 0 Å². The molecule has 6 nitrogen and oxygen atoms in total. The summed E-state index contributed by atoms with van der Waals surface area (Å²) < 4.78 is 14.6. The predicted molar refractivity (Wildman–Crippen MR) is 58.9 cm³/mol. The van der Waals surface area contributed by atoms with E-state index in [0.717, 1.165) is 0 Å². The number of nitrogens with zero attached hydrogens (tertiary/aromatic N) is 3. The molecule has 1 aliphatic heterocycles. The minimum Gasteiger partial charge on any atom is -0.295 e. The number of piperidine rings is 1. The molecule has 18 heavy (non-hydrogen) atoms. The highest BCUT2D eigenvalue weighted by molar-refractivity contribution is 5.99. The maximum absolute atomic E-state index is 13.2. The van der Waals surface area contributed by atoms with Crippen LogP contribution in [0.15, 0.2) is 18.2 Å². The van der Waals surface area contributed by atoms with Crippen LogP contribution in [0.5, 0.6) is 0 Å². The standard InChI is InChI=1S/C11H9FN4O2/c12-6-1-2-7-9(5-6)16(15-14-7)8-3-4-10(17)13-11(8)18/h1-2,5,8H,3-4H2,(H,13,17,18). The minimum absolute atomic E-state index is 0.243. The van der Waals surface area contributed by atoms with Gasteiger partial charge in [-0.05, 0) is 18.6 Å². The predicted octanol–water partition coefficient (Wildman–Crippen LogP) is 0.548. The van der Waals surface area contributed by atoms with Crippen molar-refractivity contribution in [1.82, 2.24) is 20.3 Å². The van der Waals surface area contributed by atoms with Crippen molar-refractivity contribution < 1.29 is 14.0 Å². The Morgan fingerprint density at radius 2 is 2.22 bits per heavy atom. The van der Waals surface area contributed by atoms with Gasteiger partial charge in [0.15, 0.2) is 0 Å². The Balaban J connectivity index is 2.06. The van der Waals surface area contributed by atoms with Crippen LogP contribution in [0, 0.1) is 5.82 Å². The maximum atomic E-state index is 13.2. The Hall–Kier alpha value is -2.31. The van der Waals surface area contributed by atoms with E-state index in [2.05, 4.69) is 15.6 Å². The van der Waals surface area contributed by atoms with E-state index in [9.17, 15) is 14.0 Å². The molecule has 2 heterocycles. The molecule has 0 aliphatic carbocycles. The van der Waals surface area contributed by atoms with Crippen molar-refractivity contribution in [2.75, 3.05) is 0 Å². The lowest BCUT2D eigenvalue weighted by atomic mass is 10.1. The third kappa shape index (κ3) is 1.64. The second-order valence-electron chi connectivity index (χ2n) is 4.13. The topological polar surface area (TPSA) is 76.9 Å². The molecule has 1 aliphatic rings.